The fourth-order valence-electron chi connectivity index (χ4n) is 7.12. The van der Waals surface area contributed by atoms with Gasteiger partial charge >= 0.3 is 0 Å². The summed E-state index contributed by atoms with van der Waals surface area (Å²) in [6.45, 7) is 1.38. The molecule has 2 amide bonds. The Labute approximate surface area is 253 Å². The van der Waals surface area contributed by atoms with Gasteiger partial charge in [0.2, 0.25) is 17.7 Å². The minimum absolute atomic E-state index is 0.0611. The highest BCUT2D eigenvalue weighted by molar-refractivity contribution is 5.92. The number of nitrogen functional groups attached to an aromatic ring is 1. The van der Waals surface area contributed by atoms with E-state index in [0.29, 0.717) is 11.7 Å². The maximum Gasteiger partial charge on any atom is 0.292 e. The number of carbonyl (C=O) groups is 2. The Bertz CT molecular complexity index is 1880. The number of nitrogens with two attached hydrogens (primary N) is 1. The number of H-pyrrole nitrogens is 1. The molecule has 3 aliphatic rings. The molecule has 222 valence electrons. The van der Waals surface area contributed by atoms with Crippen molar-refractivity contribution < 1.29 is 9.59 Å². The summed E-state index contributed by atoms with van der Waals surface area (Å²) in [7, 11) is 0. The van der Waals surface area contributed by atoms with Crippen LogP contribution < -0.4 is 11.1 Å². The van der Waals surface area contributed by atoms with Gasteiger partial charge in [0.15, 0.2) is 5.65 Å². The number of nitrogens with one attached hydrogen (secondary N) is 2. The zero-order chi connectivity index (χ0) is 29.9. The van der Waals surface area contributed by atoms with Crippen molar-refractivity contribution in [1.29, 1.82) is 0 Å². The molecule has 2 bridgehead atoms. The molecule has 0 unspecified atom stereocenters. The number of benzene rings is 1. The summed E-state index contributed by atoms with van der Waals surface area (Å²) >= 11 is 0. The van der Waals surface area contributed by atoms with Crippen LogP contribution >= 0.6 is 0 Å². The summed E-state index contributed by atoms with van der Waals surface area (Å²) in [5.74, 6) is 1.07. The molecule has 8 rings (SSSR count). The molecule has 4 aromatic heterocycles. The van der Waals surface area contributed by atoms with Gasteiger partial charge in [-0.25, -0.2) is 4.98 Å². The maximum atomic E-state index is 13.5. The molecule has 12 heteroatoms. The molecule has 0 spiro atoms. The van der Waals surface area contributed by atoms with Crippen LogP contribution in [0.4, 0.5) is 11.8 Å². The van der Waals surface area contributed by atoms with Crippen LogP contribution in [0.15, 0.2) is 54.9 Å². The molecule has 3 fully saturated rings. The van der Waals surface area contributed by atoms with E-state index in [1.165, 1.54) is 6.92 Å². The predicted molar refractivity (Wildman–Crippen MR) is 164 cm³/mol. The minimum atomic E-state index is -0.280. The van der Waals surface area contributed by atoms with Crippen LogP contribution in [0.5, 0.6) is 0 Å². The Hall–Kier alpha value is -5.13. The molecule has 2 aliphatic heterocycles. The number of amides is 2. The number of carbonyl (C=O) groups excluding carboxylic acids is 2. The average molecular weight is 589 g/mol. The van der Waals surface area contributed by atoms with E-state index in [1.807, 2.05) is 53.7 Å². The van der Waals surface area contributed by atoms with Crippen molar-refractivity contribution in [2.75, 3.05) is 11.1 Å². The van der Waals surface area contributed by atoms with E-state index in [2.05, 4.69) is 31.7 Å². The SMILES string of the molecule is CC(=O)Nc1nnc(C(=O)N2[C@@H]3CC[C@H]2C[C@@H](c2nc4c(-c5ccc(-c6ccccc6)nc5)cnn4c(N)c2C2CC2)C3)[nH]1. The number of anilines is 2. The third-order valence-corrected chi connectivity index (χ3v) is 9.22. The number of nitrogens with zero attached hydrogens (tertiary/aromatic N) is 7. The number of aromatic nitrogens is 7. The summed E-state index contributed by atoms with van der Waals surface area (Å²) < 4.78 is 1.78. The first kappa shape index (κ1) is 26.5. The molecule has 3 atom stereocenters. The van der Waals surface area contributed by atoms with Gasteiger partial charge in [0, 0.05) is 53.4 Å². The number of hydrogen-bond acceptors (Lipinski definition) is 8. The minimum Gasteiger partial charge on any atom is -0.383 e. The molecule has 1 saturated carbocycles. The lowest BCUT2D eigenvalue weighted by Crippen LogP contribution is -2.46. The van der Waals surface area contributed by atoms with E-state index in [4.69, 9.17) is 15.7 Å². The van der Waals surface area contributed by atoms with Crippen molar-refractivity contribution in [3.8, 4) is 22.4 Å². The highest BCUT2D eigenvalue weighted by atomic mass is 16.2. The first-order chi connectivity index (χ1) is 21.4. The van der Waals surface area contributed by atoms with Gasteiger partial charge in [-0.3, -0.25) is 19.9 Å². The first-order valence-corrected chi connectivity index (χ1v) is 15.2. The Morgan fingerprint density at radius 1 is 0.932 bits per heavy atom. The Morgan fingerprint density at radius 3 is 2.39 bits per heavy atom. The Morgan fingerprint density at radius 2 is 1.70 bits per heavy atom. The third kappa shape index (κ3) is 4.48. The lowest BCUT2D eigenvalue weighted by Gasteiger charge is -2.39. The first-order valence-electron chi connectivity index (χ1n) is 15.2. The van der Waals surface area contributed by atoms with Crippen molar-refractivity contribution >= 4 is 29.2 Å². The maximum absolute atomic E-state index is 13.5. The number of hydrogen-bond donors (Lipinski definition) is 3. The van der Waals surface area contributed by atoms with Crippen LogP contribution in [0.1, 0.15) is 79.2 Å². The van der Waals surface area contributed by atoms with E-state index >= 15 is 0 Å². The van der Waals surface area contributed by atoms with Crippen molar-refractivity contribution in [3.63, 3.8) is 0 Å². The van der Waals surface area contributed by atoms with Gasteiger partial charge in [-0.05, 0) is 50.5 Å². The van der Waals surface area contributed by atoms with E-state index in [9.17, 15) is 9.59 Å². The van der Waals surface area contributed by atoms with E-state index in [1.54, 1.807) is 4.52 Å². The van der Waals surface area contributed by atoms with Gasteiger partial charge in [0.25, 0.3) is 5.91 Å². The zero-order valence-corrected chi connectivity index (χ0v) is 24.3. The molecule has 0 radical (unpaired) electrons. The van der Waals surface area contributed by atoms with Gasteiger partial charge in [0.1, 0.15) is 5.82 Å². The lowest BCUT2D eigenvalue weighted by molar-refractivity contribution is -0.114. The van der Waals surface area contributed by atoms with E-state index < -0.39 is 0 Å². The van der Waals surface area contributed by atoms with Gasteiger partial charge < -0.3 is 15.6 Å². The van der Waals surface area contributed by atoms with Crippen molar-refractivity contribution in [2.24, 2.45) is 0 Å². The summed E-state index contributed by atoms with van der Waals surface area (Å²) in [5.41, 5.74) is 13.5. The van der Waals surface area contributed by atoms with Crippen molar-refractivity contribution in [2.45, 2.75) is 69.4 Å². The molecular formula is C32H32N10O2. The average Bonchev–Trinajstić information content (AvgIpc) is 3.50. The standard InChI is InChI=1S/C32H32N10O2/c1-17(43)36-32-38-29(39-40-32)31(44)41-22-10-11-23(41)14-21(13-22)27-26(19-7-8-19)28(33)42-30(37-27)24(16-35-42)20-9-12-25(34-15-20)18-5-3-2-4-6-18/h2-6,9,12,15-16,19,21-23H,7-8,10-11,13-14,33H2,1H3,(H2,36,38,39,40,43)/t21-,22+,23-. The van der Waals surface area contributed by atoms with Crippen LogP contribution in [0.25, 0.3) is 28.0 Å². The van der Waals surface area contributed by atoms with Crippen LogP contribution in [-0.2, 0) is 4.79 Å². The topological polar surface area (TPSA) is 160 Å². The Kier molecular flexibility index (Phi) is 6.17. The molecule has 44 heavy (non-hydrogen) atoms. The summed E-state index contributed by atoms with van der Waals surface area (Å²) in [5, 5.41) is 15.1. The number of rotatable bonds is 6. The van der Waals surface area contributed by atoms with Crippen LogP contribution in [-0.4, -0.2) is 63.6 Å². The quantitative estimate of drug-likeness (QED) is 0.261. The molecule has 2 saturated heterocycles. The number of aromatic amines is 1. The smallest absolute Gasteiger partial charge is 0.292 e. The van der Waals surface area contributed by atoms with Gasteiger partial charge in [-0.2, -0.15) is 9.61 Å². The van der Waals surface area contributed by atoms with Gasteiger partial charge in [-0.1, -0.05) is 36.4 Å². The van der Waals surface area contributed by atoms with E-state index in [-0.39, 0.29) is 41.6 Å². The summed E-state index contributed by atoms with van der Waals surface area (Å²) in [4.78, 5) is 39.8. The normalized spacial score (nSPS) is 21.1. The second kappa shape index (κ2) is 10.2. The largest absolute Gasteiger partial charge is 0.383 e. The zero-order valence-electron chi connectivity index (χ0n) is 24.3. The summed E-state index contributed by atoms with van der Waals surface area (Å²) in [6.07, 6.45) is 9.33. The summed E-state index contributed by atoms with van der Waals surface area (Å²) in [6, 6.07) is 14.3. The Balaban J connectivity index is 1.11. The van der Waals surface area contributed by atoms with E-state index in [0.717, 1.165) is 77.8 Å². The van der Waals surface area contributed by atoms with Crippen molar-refractivity contribution in [1.82, 2.24) is 39.7 Å². The fraction of sp³-hybridized carbons (Fsp3) is 0.344. The molecule has 6 heterocycles. The lowest BCUT2D eigenvalue weighted by atomic mass is 9.85. The fourth-order valence-corrected chi connectivity index (χ4v) is 7.12. The molecular weight excluding hydrogens is 556 g/mol. The molecule has 4 N–H and O–H groups in total. The van der Waals surface area contributed by atoms with Crippen LogP contribution in [0, 0.1) is 0 Å². The highest BCUT2D eigenvalue weighted by Gasteiger charge is 2.46. The third-order valence-electron chi connectivity index (χ3n) is 9.22. The second-order valence-corrected chi connectivity index (χ2v) is 12.1. The van der Waals surface area contributed by atoms with Gasteiger partial charge in [0.05, 0.1) is 17.6 Å². The predicted octanol–water partition coefficient (Wildman–Crippen LogP) is 4.55. The van der Waals surface area contributed by atoms with Gasteiger partial charge in [-0.15, -0.1) is 10.2 Å². The number of piperidine rings is 1. The number of pyridine rings is 1. The van der Waals surface area contributed by atoms with Crippen LogP contribution in [0.2, 0.25) is 0 Å². The molecule has 1 aromatic carbocycles. The monoisotopic (exact) mass is 588 g/mol. The molecule has 12 nitrogen and oxygen atoms in total. The number of fused-ring (bicyclic) bond motifs is 3. The highest BCUT2D eigenvalue weighted by Crippen LogP contribution is 2.50. The molecule has 5 aromatic rings. The van der Waals surface area contributed by atoms with Crippen LogP contribution in [0.3, 0.4) is 0 Å². The van der Waals surface area contributed by atoms with Crippen molar-refractivity contribution in [3.05, 3.63) is 71.9 Å². The molecule has 1 aliphatic carbocycles. The second-order valence-electron chi connectivity index (χ2n) is 12.1.